The molecule has 2 rings (SSSR count). The van der Waals surface area contributed by atoms with Crippen LogP contribution in [0.15, 0.2) is 43.0 Å². The van der Waals surface area contributed by atoms with Crippen molar-refractivity contribution in [1.29, 1.82) is 0 Å². The van der Waals surface area contributed by atoms with Crippen molar-refractivity contribution < 1.29 is 0 Å². The molecule has 3 N–H and O–H groups in total. The van der Waals surface area contributed by atoms with E-state index in [4.69, 9.17) is 5.73 Å². The van der Waals surface area contributed by atoms with Crippen molar-refractivity contribution in [2.45, 2.75) is 0 Å². The highest BCUT2D eigenvalue weighted by atomic mass is 15.0. The van der Waals surface area contributed by atoms with Crippen molar-refractivity contribution >= 4 is 11.6 Å². The summed E-state index contributed by atoms with van der Waals surface area (Å²) in [6.45, 7) is 0. The Morgan fingerprint density at radius 1 is 1.13 bits per heavy atom. The first-order valence-corrected chi connectivity index (χ1v) is 4.43. The molecule has 0 aliphatic heterocycles. The van der Waals surface area contributed by atoms with Gasteiger partial charge in [0.25, 0.3) is 0 Å². The molecule has 0 aliphatic carbocycles. The lowest BCUT2D eigenvalue weighted by Gasteiger charge is -1.93. The summed E-state index contributed by atoms with van der Waals surface area (Å²) in [6.07, 6.45) is 6.73. The molecule has 0 fully saturated rings. The van der Waals surface area contributed by atoms with Crippen LogP contribution in [0.3, 0.4) is 0 Å². The zero-order chi connectivity index (χ0) is 10.9. The predicted octanol–water partition coefficient (Wildman–Crippen LogP) is 1.18. The fourth-order valence-electron chi connectivity index (χ4n) is 0.821. The van der Waals surface area contributed by atoms with Crippen LogP contribution in [0.25, 0.3) is 0 Å². The number of anilines is 2. The van der Waals surface area contributed by atoms with Gasteiger partial charge in [-0.3, -0.25) is 4.98 Å². The quantitative estimate of drug-likeness (QED) is 0.727. The molecule has 0 saturated heterocycles. The van der Waals surface area contributed by atoms with E-state index in [0.29, 0.717) is 5.95 Å². The van der Waals surface area contributed by atoms with Gasteiger partial charge < -0.3 is 11.1 Å². The van der Waals surface area contributed by atoms with Gasteiger partial charge >= 0.3 is 0 Å². The standard InChI is InChI=1S/C6H8N2.C4H5N3/c1-7-6-3-2-4-8-5-6;5-4-6-2-1-3-7-4/h2-5,7H,1H3;1-3H,(H2,5,6,7). The van der Waals surface area contributed by atoms with Gasteiger partial charge in [0.05, 0.1) is 5.69 Å². The van der Waals surface area contributed by atoms with Gasteiger partial charge in [0.1, 0.15) is 0 Å². The molecule has 0 aromatic carbocycles. The Kier molecular flexibility index (Phi) is 4.59. The van der Waals surface area contributed by atoms with E-state index in [-0.39, 0.29) is 0 Å². The van der Waals surface area contributed by atoms with Crippen molar-refractivity contribution in [2.75, 3.05) is 18.1 Å². The molecule has 5 heteroatoms. The molecule has 0 amide bonds. The topological polar surface area (TPSA) is 76.7 Å². The van der Waals surface area contributed by atoms with Gasteiger partial charge in [-0.1, -0.05) is 0 Å². The Hall–Kier alpha value is -2.17. The summed E-state index contributed by atoms with van der Waals surface area (Å²) in [5, 5.41) is 2.96. The lowest BCUT2D eigenvalue weighted by atomic mass is 10.4. The number of nitrogens with one attached hydrogen (secondary N) is 1. The lowest BCUT2D eigenvalue weighted by Crippen LogP contribution is -1.90. The largest absolute Gasteiger partial charge is 0.387 e. The van der Waals surface area contributed by atoms with Crippen molar-refractivity contribution in [1.82, 2.24) is 15.0 Å². The summed E-state index contributed by atoms with van der Waals surface area (Å²) in [5.41, 5.74) is 6.18. The Morgan fingerprint density at radius 3 is 2.20 bits per heavy atom. The highest BCUT2D eigenvalue weighted by Crippen LogP contribution is 1.98. The summed E-state index contributed by atoms with van der Waals surface area (Å²) in [4.78, 5) is 11.2. The van der Waals surface area contributed by atoms with Crippen molar-refractivity contribution in [3.63, 3.8) is 0 Å². The summed E-state index contributed by atoms with van der Waals surface area (Å²) in [5.74, 6) is 0.322. The molecular formula is C10H13N5. The summed E-state index contributed by atoms with van der Waals surface area (Å²) in [7, 11) is 1.87. The van der Waals surface area contributed by atoms with Crippen molar-refractivity contribution in [2.24, 2.45) is 0 Å². The monoisotopic (exact) mass is 203 g/mol. The van der Waals surface area contributed by atoms with Crippen LogP contribution in [0, 0.1) is 0 Å². The molecular weight excluding hydrogens is 190 g/mol. The number of nitrogen functional groups attached to an aromatic ring is 1. The van der Waals surface area contributed by atoms with Crippen LogP contribution in [0.5, 0.6) is 0 Å². The van der Waals surface area contributed by atoms with Crippen LogP contribution in [-0.4, -0.2) is 22.0 Å². The van der Waals surface area contributed by atoms with E-state index in [0.717, 1.165) is 5.69 Å². The van der Waals surface area contributed by atoms with Gasteiger partial charge in [-0.2, -0.15) is 0 Å². The van der Waals surface area contributed by atoms with E-state index in [1.807, 2.05) is 19.2 Å². The molecule has 0 aliphatic rings. The average molecular weight is 203 g/mol. The van der Waals surface area contributed by atoms with Gasteiger partial charge in [-0.25, -0.2) is 9.97 Å². The predicted molar refractivity (Wildman–Crippen MR) is 60.2 cm³/mol. The summed E-state index contributed by atoms with van der Waals surface area (Å²) < 4.78 is 0. The molecule has 2 aromatic rings. The minimum absolute atomic E-state index is 0.322. The van der Waals surface area contributed by atoms with Gasteiger partial charge in [0.15, 0.2) is 0 Å². The maximum absolute atomic E-state index is 5.14. The molecule has 0 radical (unpaired) electrons. The molecule has 0 atom stereocenters. The number of aromatic nitrogens is 3. The van der Waals surface area contributed by atoms with Gasteiger partial charge in [-0.15, -0.1) is 0 Å². The second kappa shape index (κ2) is 6.31. The van der Waals surface area contributed by atoms with E-state index in [2.05, 4.69) is 20.3 Å². The smallest absolute Gasteiger partial charge is 0.219 e. The first kappa shape index (κ1) is 10.9. The van der Waals surface area contributed by atoms with Crippen LogP contribution in [0.1, 0.15) is 0 Å². The highest BCUT2D eigenvalue weighted by molar-refractivity contribution is 5.38. The van der Waals surface area contributed by atoms with E-state index in [9.17, 15) is 0 Å². The Bertz CT molecular complexity index is 362. The highest BCUT2D eigenvalue weighted by Gasteiger charge is 1.79. The third-order valence-corrected chi connectivity index (χ3v) is 1.54. The molecule has 15 heavy (non-hydrogen) atoms. The van der Waals surface area contributed by atoms with E-state index >= 15 is 0 Å². The number of rotatable bonds is 1. The molecule has 0 spiro atoms. The van der Waals surface area contributed by atoms with Crippen LogP contribution in [-0.2, 0) is 0 Å². The molecule has 5 nitrogen and oxygen atoms in total. The fraction of sp³-hybridized carbons (Fsp3) is 0.100. The third-order valence-electron chi connectivity index (χ3n) is 1.54. The van der Waals surface area contributed by atoms with E-state index < -0.39 is 0 Å². The number of nitrogens with zero attached hydrogens (tertiary/aromatic N) is 3. The molecule has 0 bridgehead atoms. The first-order chi connectivity index (χ1) is 7.33. The van der Waals surface area contributed by atoms with E-state index in [1.54, 1.807) is 30.9 Å². The molecule has 78 valence electrons. The first-order valence-electron chi connectivity index (χ1n) is 4.43. The van der Waals surface area contributed by atoms with E-state index in [1.165, 1.54) is 0 Å². The summed E-state index contributed by atoms with van der Waals surface area (Å²) >= 11 is 0. The van der Waals surface area contributed by atoms with Crippen molar-refractivity contribution in [3.8, 4) is 0 Å². The Labute approximate surface area is 88.4 Å². The molecule has 0 unspecified atom stereocenters. The lowest BCUT2D eigenvalue weighted by molar-refractivity contribution is 1.19. The second-order valence-corrected chi connectivity index (χ2v) is 2.60. The second-order valence-electron chi connectivity index (χ2n) is 2.60. The molecule has 0 saturated carbocycles. The number of pyridine rings is 1. The maximum atomic E-state index is 5.14. The molecule has 2 aromatic heterocycles. The number of hydrogen-bond acceptors (Lipinski definition) is 5. The van der Waals surface area contributed by atoms with Gasteiger partial charge in [0, 0.05) is 31.8 Å². The zero-order valence-electron chi connectivity index (χ0n) is 8.46. The number of hydrogen-bond donors (Lipinski definition) is 2. The van der Waals surface area contributed by atoms with Crippen LogP contribution in [0.2, 0.25) is 0 Å². The normalized spacial score (nSPS) is 8.60. The summed E-state index contributed by atoms with van der Waals surface area (Å²) in [6, 6.07) is 5.58. The fourth-order valence-corrected chi connectivity index (χ4v) is 0.821. The SMILES string of the molecule is CNc1cccnc1.Nc1ncccn1. The van der Waals surface area contributed by atoms with Crippen LogP contribution in [0.4, 0.5) is 11.6 Å². The van der Waals surface area contributed by atoms with Crippen LogP contribution < -0.4 is 11.1 Å². The zero-order valence-corrected chi connectivity index (χ0v) is 8.46. The average Bonchev–Trinajstić information content (AvgIpc) is 2.32. The van der Waals surface area contributed by atoms with Crippen molar-refractivity contribution in [3.05, 3.63) is 43.0 Å². The van der Waals surface area contributed by atoms with Gasteiger partial charge in [-0.05, 0) is 18.2 Å². The maximum Gasteiger partial charge on any atom is 0.219 e. The Morgan fingerprint density at radius 2 is 1.87 bits per heavy atom. The van der Waals surface area contributed by atoms with Crippen LogP contribution >= 0.6 is 0 Å². The third kappa shape index (κ3) is 4.56. The van der Waals surface area contributed by atoms with Gasteiger partial charge in [0.2, 0.25) is 5.95 Å². The Balaban J connectivity index is 0.000000151. The number of nitrogens with two attached hydrogens (primary N) is 1. The minimum Gasteiger partial charge on any atom is -0.387 e. The molecule has 2 heterocycles. The minimum atomic E-state index is 0.322.